The van der Waals surface area contributed by atoms with E-state index in [2.05, 4.69) is 52.8 Å². The van der Waals surface area contributed by atoms with Crippen molar-refractivity contribution in [3.05, 3.63) is 54.0 Å². The van der Waals surface area contributed by atoms with E-state index in [1.807, 2.05) is 23.9 Å². The number of fused-ring (bicyclic) bond motifs is 1. The van der Waals surface area contributed by atoms with Crippen LogP contribution in [0.2, 0.25) is 0 Å². The quantitative estimate of drug-likeness (QED) is 0.773. The lowest BCUT2D eigenvalue weighted by atomic mass is 10.1. The largest absolute Gasteiger partial charge is 0.379 e. The molecule has 0 saturated heterocycles. The minimum Gasteiger partial charge on any atom is -0.379 e. The third-order valence-electron chi connectivity index (χ3n) is 3.48. The molecule has 0 fully saturated rings. The van der Waals surface area contributed by atoms with Crippen LogP contribution < -0.4 is 5.32 Å². The number of hydrogen-bond donors (Lipinski definition) is 1. The first-order valence-electron chi connectivity index (χ1n) is 7.38. The molecule has 0 aliphatic carbocycles. The zero-order valence-electron chi connectivity index (χ0n) is 12.5. The van der Waals surface area contributed by atoms with Gasteiger partial charge in [-0.3, -0.25) is 9.67 Å². The standard InChI is InChI=1S/C17H20N4/c1-3-9-21-12-14(11-19-21)10-18-16-6-4-5-15-8-7-13(2)20-17(15)16/h4-8,11-12,18H,3,9-10H2,1-2H3. The number of aryl methyl sites for hydroxylation is 2. The lowest BCUT2D eigenvalue weighted by Crippen LogP contribution is -2.00. The van der Waals surface area contributed by atoms with Crippen LogP contribution in [-0.2, 0) is 13.1 Å². The Balaban J connectivity index is 1.79. The second-order valence-electron chi connectivity index (χ2n) is 5.30. The van der Waals surface area contributed by atoms with E-state index in [0.29, 0.717) is 0 Å². The molecule has 108 valence electrons. The van der Waals surface area contributed by atoms with Crippen molar-refractivity contribution in [3.8, 4) is 0 Å². The van der Waals surface area contributed by atoms with E-state index in [9.17, 15) is 0 Å². The molecule has 4 nitrogen and oxygen atoms in total. The fraction of sp³-hybridized carbons (Fsp3) is 0.294. The van der Waals surface area contributed by atoms with Crippen LogP contribution in [0.3, 0.4) is 0 Å². The highest BCUT2D eigenvalue weighted by Crippen LogP contribution is 2.22. The lowest BCUT2D eigenvalue weighted by molar-refractivity contribution is 0.602. The molecule has 3 rings (SSSR count). The minimum absolute atomic E-state index is 0.762. The first-order chi connectivity index (χ1) is 10.3. The molecule has 4 heteroatoms. The zero-order chi connectivity index (χ0) is 14.7. The predicted molar refractivity (Wildman–Crippen MR) is 86.3 cm³/mol. The molecule has 0 radical (unpaired) electrons. The van der Waals surface area contributed by atoms with E-state index in [1.54, 1.807) is 0 Å². The van der Waals surface area contributed by atoms with Gasteiger partial charge in [-0.2, -0.15) is 5.10 Å². The molecular weight excluding hydrogens is 260 g/mol. The van der Waals surface area contributed by atoms with Crippen molar-refractivity contribution < 1.29 is 0 Å². The van der Waals surface area contributed by atoms with Gasteiger partial charge in [-0.15, -0.1) is 0 Å². The van der Waals surface area contributed by atoms with Crippen molar-refractivity contribution >= 4 is 16.6 Å². The summed E-state index contributed by atoms with van der Waals surface area (Å²) < 4.78 is 1.99. The molecule has 1 N–H and O–H groups in total. The van der Waals surface area contributed by atoms with Crippen molar-refractivity contribution in [2.45, 2.75) is 33.4 Å². The summed E-state index contributed by atoms with van der Waals surface area (Å²) in [5.74, 6) is 0. The summed E-state index contributed by atoms with van der Waals surface area (Å²) in [6, 6.07) is 10.4. The zero-order valence-corrected chi connectivity index (χ0v) is 12.5. The van der Waals surface area contributed by atoms with E-state index in [1.165, 1.54) is 5.56 Å². The Morgan fingerprint density at radius 2 is 2.10 bits per heavy atom. The van der Waals surface area contributed by atoms with Gasteiger partial charge in [-0.1, -0.05) is 25.1 Å². The van der Waals surface area contributed by atoms with Gasteiger partial charge in [0.05, 0.1) is 17.4 Å². The Hall–Kier alpha value is -2.36. The van der Waals surface area contributed by atoms with E-state index >= 15 is 0 Å². The first kappa shape index (κ1) is 13.6. The highest BCUT2D eigenvalue weighted by molar-refractivity contribution is 5.90. The summed E-state index contributed by atoms with van der Waals surface area (Å²) in [6.07, 6.45) is 5.12. The molecule has 1 aromatic carbocycles. The maximum absolute atomic E-state index is 4.64. The molecular formula is C17H20N4. The number of hydrogen-bond acceptors (Lipinski definition) is 3. The normalized spacial score (nSPS) is 11.0. The second-order valence-corrected chi connectivity index (χ2v) is 5.30. The van der Waals surface area contributed by atoms with Gasteiger partial charge in [-0.05, 0) is 25.5 Å². The van der Waals surface area contributed by atoms with Gasteiger partial charge in [0.1, 0.15) is 0 Å². The second kappa shape index (κ2) is 5.95. The maximum atomic E-state index is 4.64. The van der Waals surface area contributed by atoms with Crippen molar-refractivity contribution in [1.29, 1.82) is 0 Å². The van der Waals surface area contributed by atoms with Crippen molar-refractivity contribution in [2.24, 2.45) is 0 Å². The highest BCUT2D eigenvalue weighted by atomic mass is 15.3. The van der Waals surface area contributed by atoms with Gasteiger partial charge < -0.3 is 5.32 Å². The molecule has 2 heterocycles. The average molecular weight is 280 g/mol. The Kier molecular flexibility index (Phi) is 3.86. The van der Waals surface area contributed by atoms with Crippen LogP contribution in [0.1, 0.15) is 24.6 Å². The third kappa shape index (κ3) is 3.05. The summed E-state index contributed by atoms with van der Waals surface area (Å²) >= 11 is 0. The van der Waals surface area contributed by atoms with Crippen LogP contribution in [0, 0.1) is 6.92 Å². The Labute approximate surface area is 124 Å². The van der Waals surface area contributed by atoms with Gasteiger partial charge in [-0.25, -0.2) is 0 Å². The van der Waals surface area contributed by atoms with Crippen LogP contribution >= 0.6 is 0 Å². The molecule has 0 amide bonds. The molecule has 0 bridgehead atoms. The van der Waals surface area contributed by atoms with Gasteiger partial charge in [0, 0.05) is 35.9 Å². The minimum atomic E-state index is 0.762. The topological polar surface area (TPSA) is 42.7 Å². The smallest absolute Gasteiger partial charge is 0.0936 e. The SMILES string of the molecule is CCCn1cc(CNc2cccc3ccc(C)nc23)cn1. The molecule has 21 heavy (non-hydrogen) atoms. The van der Waals surface area contributed by atoms with Gasteiger partial charge in [0.2, 0.25) is 0 Å². The molecule has 0 unspecified atom stereocenters. The number of pyridine rings is 1. The molecule has 2 aromatic heterocycles. The Bertz CT molecular complexity index is 745. The van der Waals surface area contributed by atoms with Crippen molar-refractivity contribution in [3.63, 3.8) is 0 Å². The third-order valence-corrected chi connectivity index (χ3v) is 3.48. The molecule has 0 atom stereocenters. The fourth-order valence-corrected chi connectivity index (χ4v) is 2.43. The number of nitrogens with zero attached hydrogens (tertiary/aromatic N) is 3. The fourth-order valence-electron chi connectivity index (χ4n) is 2.43. The first-order valence-corrected chi connectivity index (χ1v) is 7.38. The van der Waals surface area contributed by atoms with Gasteiger partial charge in [0.25, 0.3) is 0 Å². The van der Waals surface area contributed by atoms with E-state index < -0.39 is 0 Å². The molecule has 0 aliphatic rings. The molecule has 0 aliphatic heterocycles. The van der Waals surface area contributed by atoms with Gasteiger partial charge >= 0.3 is 0 Å². The summed E-state index contributed by atoms with van der Waals surface area (Å²) in [5.41, 5.74) is 4.32. The lowest BCUT2D eigenvalue weighted by Gasteiger charge is -2.08. The Morgan fingerprint density at radius 1 is 1.19 bits per heavy atom. The monoisotopic (exact) mass is 280 g/mol. The van der Waals surface area contributed by atoms with E-state index in [-0.39, 0.29) is 0 Å². The number of anilines is 1. The Morgan fingerprint density at radius 3 is 2.95 bits per heavy atom. The number of para-hydroxylation sites is 1. The number of aromatic nitrogens is 3. The van der Waals surface area contributed by atoms with E-state index in [0.717, 1.165) is 41.8 Å². The predicted octanol–water partition coefficient (Wildman–Crippen LogP) is 3.76. The van der Waals surface area contributed by atoms with Crippen LogP contribution in [0.4, 0.5) is 5.69 Å². The number of rotatable bonds is 5. The summed E-state index contributed by atoms with van der Waals surface area (Å²) in [7, 11) is 0. The maximum Gasteiger partial charge on any atom is 0.0936 e. The van der Waals surface area contributed by atoms with Crippen LogP contribution in [0.25, 0.3) is 10.9 Å². The highest BCUT2D eigenvalue weighted by Gasteiger charge is 2.03. The van der Waals surface area contributed by atoms with Gasteiger partial charge in [0.15, 0.2) is 0 Å². The summed E-state index contributed by atoms with van der Waals surface area (Å²) in [5, 5.41) is 8.99. The van der Waals surface area contributed by atoms with Crippen LogP contribution in [-0.4, -0.2) is 14.8 Å². The molecule has 0 saturated carbocycles. The molecule has 0 spiro atoms. The summed E-state index contributed by atoms with van der Waals surface area (Å²) in [6.45, 7) is 5.90. The van der Waals surface area contributed by atoms with E-state index in [4.69, 9.17) is 0 Å². The van der Waals surface area contributed by atoms with Crippen LogP contribution in [0.15, 0.2) is 42.7 Å². The number of benzene rings is 1. The summed E-state index contributed by atoms with van der Waals surface area (Å²) in [4.78, 5) is 4.64. The average Bonchev–Trinajstić information content (AvgIpc) is 2.93. The molecule has 3 aromatic rings. The van der Waals surface area contributed by atoms with Crippen LogP contribution in [0.5, 0.6) is 0 Å². The number of nitrogens with one attached hydrogen (secondary N) is 1. The van der Waals surface area contributed by atoms with Crippen molar-refractivity contribution in [2.75, 3.05) is 5.32 Å². The van der Waals surface area contributed by atoms with Crippen molar-refractivity contribution in [1.82, 2.24) is 14.8 Å².